The van der Waals surface area contributed by atoms with Gasteiger partial charge in [0.15, 0.2) is 0 Å². The minimum absolute atomic E-state index is 0.218. The topological polar surface area (TPSA) is 50.9 Å². The average Bonchev–Trinajstić information content (AvgIpc) is 2.44. The van der Waals surface area contributed by atoms with E-state index >= 15 is 0 Å². The van der Waals surface area contributed by atoms with Crippen LogP contribution in [0.2, 0.25) is 0 Å². The van der Waals surface area contributed by atoms with Crippen molar-refractivity contribution in [1.82, 2.24) is 10.4 Å². The first-order valence-electron chi connectivity index (χ1n) is 6.32. The van der Waals surface area contributed by atoms with Crippen molar-refractivity contribution in [2.75, 3.05) is 0 Å². The molecule has 0 spiro atoms. The van der Waals surface area contributed by atoms with Crippen LogP contribution in [0.1, 0.15) is 35.2 Å². The maximum absolute atomic E-state index is 13.7. The van der Waals surface area contributed by atoms with Crippen molar-refractivity contribution in [3.63, 3.8) is 0 Å². The van der Waals surface area contributed by atoms with Gasteiger partial charge in [0.1, 0.15) is 5.82 Å². The molecule has 0 bridgehead atoms. The van der Waals surface area contributed by atoms with Gasteiger partial charge in [0.25, 0.3) is 0 Å². The highest BCUT2D eigenvalue weighted by molar-refractivity contribution is 5.37. The quantitative estimate of drug-likeness (QED) is 0.655. The Morgan fingerprint density at radius 3 is 2.79 bits per heavy atom. The summed E-state index contributed by atoms with van der Waals surface area (Å²) in [6.07, 6.45) is 4.41. The molecule has 1 aromatic heterocycles. The normalized spacial score (nSPS) is 12.4. The highest BCUT2D eigenvalue weighted by Gasteiger charge is 2.16. The first-order chi connectivity index (χ1) is 9.17. The zero-order valence-electron chi connectivity index (χ0n) is 11.2. The van der Waals surface area contributed by atoms with Crippen LogP contribution in [0, 0.1) is 12.7 Å². The number of hydrogen-bond donors (Lipinski definition) is 2. The molecule has 1 heterocycles. The van der Waals surface area contributed by atoms with Crippen molar-refractivity contribution in [3.05, 3.63) is 64.7 Å². The fraction of sp³-hybridized carbons (Fsp3) is 0.267. The van der Waals surface area contributed by atoms with Crippen LogP contribution in [0.25, 0.3) is 0 Å². The monoisotopic (exact) mass is 259 g/mol. The zero-order valence-corrected chi connectivity index (χ0v) is 11.2. The van der Waals surface area contributed by atoms with Crippen molar-refractivity contribution >= 4 is 0 Å². The molecular weight excluding hydrogens is 241 g/mol. The predicted molar refractivity (Wildman–Crippen MR) is 73.9 cm³/mol. The van der Waals surface area contributed by atoms with Crippen LogP contribution in [-0.2, 0) is 6.42 Å². The molecule has 19 heavy (non-hydrogen) atoms. The van der Waals surface area contributed by atoms with Gasteiger partial charge in [0, 0.05) is 12.4 Å². The lowest BCUT2D eigenvalue weighted by Gasteiger charge is -2.20. The first-order valence-corrected chi connectivity index (χ1v) is 6.32. The van der Waals surface area contributed by atoms with Crippen molar-refractivity contribution in [3.8, 4) is 0 Å². The van der Waals surface area contributed by atoms with Gasteiger partial charge in [-0.05, 0) is 47.7 Å². The Morgan fingerprint density at radius 1 is 1.37 bits per heavy atom. The molecule has 2 rings (SSSR count). The number of benzene rings is 1. The van der Waals surface area contributed by atoms with E-state index in [1.165, 1.54) is 6.07 Å². The molecule has 1 aromatic carbocycles. The minimum Gasteiger partial charge on any atom is -0.271 e. The fourth-order valence-corrected chi connectivity index (χ4v) is 2.17. The maximum atomic E-state index is 13.7. The Hall–Kier alpha value is -1.78. The molecule has 0 amide bonds. The van der Waals surface area contributed by atoms with Gasteiger partial charge in [0.05, 0.1) is 6.04 Å². The van der Waals surface area contributed by atoms with Crippen LogP contribution >= 0.6 is 0 Å². The zero-order chi connectivity index (χ0) is 13.8. The molecule has 0 aliphatic rings. The van der Waals surface area contributed by atoms with E-state index in [0.717, 1.165) is 23.1 Å². The smallest absolute Gasteiger partial charge is 0.126 e. The summed E-state index contributed by atoms with van der Waals surface area (Å²) in [5, 5.41) is 0. The molecule has 0 radical (unpaired) electrons. The third kappa shape index (κ3) is 2.80. The summed E-state index contributed by atoms with van der Waals surface area (Å²) in [5.74, 6) is 5.44. The van der Waals surface area contributed by atoms with Crippen LogP contribution in [0.15, 0.2) is 36.7 Å². The van der Waals surface area contributed by atoms with Crippen LogP contribution in [0.3, 0.4) is 0 Å². The summed E-state index contributed by atoms with van der Waals surface area (Å²) >= 11 is 0. The number of aromatic nitrogens is 1. The van der Waals surface area contributed by atoms with E-state index in [9.17, 15) is 4.39 Å². The number of nitrogens with zero attached hydrogens (tertiary/aromatic N) is 1. The van der Waals surface area contributed by atoms with E-state index < -0.39 is 0 Å². The lowest BCUT2D eigenvalue weighted by Crippen LogP contribution is -2.29. The van der Waals surface area contributed by atoms with Crippen LogP contribution in [-0.4, -0.2) is 4.98 Å². The van der Waals surface area contributed by atoms with Gasteiger partial charge in [0.2, 0.25) is 0 Å². The standard InChI is InChI=1S/C15H18FN3/c1-3-11-9-18-7-6-13(11)15(19-17)12-5-4-10(2)14(16)8-12/h4-9,15,19H,3,17H2,1-2H3. The van der Waals surface area contributed by atoms with Gasteiger partial charge in [-0.25, -0.2) is 9.82 Å². The van der Waals surface area contributed by atoms with Gasteiger partial charge in [-0.15, -0.1) is 0 Å². The van der Waals surface area contributed by atoms with Gasteiger partial charge < -0.3 is 0 Å². The maximum Gasteiger partial charge on any atom is 0.126 e. The largest absolute Gasteiger partial charge is 0.271 e. The molecule has 0 fully saturated rings. The van der Waals surface area contributed by atoms with Crippen LogP contribution < -0.4 is 11.3 Å². The first kappa shape index (κ1) is 13.6. The van der Waals surface area contributed by atoms with Crippen molar-refractivity contribution in [2.24, 2.45) is 5.84 Å². The fourth-order valence-electron chi connectivity index (χ4n) is 2.17. The Bertz CT molecular complexity index is 569. The van der Waals surface area contributed by atoms with Gasteiger partial charge in [-0.1, -0.05) is 19.1 Å². The van der Waals surface area contributed by atoms with Crippen molar-refractivity contribution in [2.45, 2.75) is 26.3 Å². The number of pyridine rings is 1. The molecule has 0 aliphatic heterocycles. The molecule has 3 nitrogen and oxygen atoms in total. The van der Waals surface area contributed by atoms with Crippen LogP contribution in [0.5, 0.6) is 0 Å². The van der Waals surface area contributed by atoms with E-state index in [4.69, 9.17) is 5.84 Å². The molecule has 100 valence electrons. The highest BCUT2D eigenvalue weighted by atomic mass is 19.1. The van der Waals surface area contributed by atoms with Gasteiger partial charge >= 0.3 is 0 Å². The van der Waals surface area contributed by atoms with Crippen molar-refractivity contribution < 1.29 is 4.39 Å². The average molecular weight is 259 g/mol. The summed E-state index contributed by atoms with van der Waals surface area (Å²) in [4.78, 5) is 4.12. The number of rotatable bonds is 4. The summed E-state index contributed by atoms with van der Waals surface area (Å²) in [5.41, 5.74) is 6.34. The second-order valence-electron chi connectivity index (χ2n) is 4.54. The van der Waals surface area contributed by atoms with Crippen molar-refractivity contribution in [1.29, 1.82) is 0 Å². The Labute approximate surface area is 112 Å². The summed E-state index contributed by atoms with van der Waals surface area (Å²) < 4.78 is 13.7. The number of hydrogen-bond acceptors (Lipinski definition) is 3. The SMILES string of the molecule is CCc1cnccc1C(NN)c1ccc(C)c(F)c1. The minimum atomic E-state index is -0.229. The molecule has 0 aliphatic carbocycles. The number of hydrazine groups is 1. The summed E-state index contributed by atoms with van der Waals surface area (Å²) in [6.45, 7) is 3.80. The molecule has 1 unspecified atom stereocenters. The lowest BCUT2D eigenvalue weighted by atomic mass is 9.94. The third-order valence-corrected chi connectivity index (χ3v) is 3.33. The molecule has 0 saturated heterocycles. The van der Waals surface area contributed by atoms with Gasteiger partial charge in [-0.3, -0.25) is 10.8 Å². The third-order valence-electron chi connectivity index (χ3n) is 3.33. The summed E-state index contributed by atoms with van der Waals surface area (Å²) in [6, 6.07) is 6.87. The molecule has 2 aromatic rings. The second-order valence-corrected chi connectivity index (χ2v) is 4.54. The Kier molecular flexibility index (Phi) is 4.24. The van der Waals surface area contributed by atoms with E-state index in [1.54, 1.807) is 19.2 Å². The lowest BCUT2D eigenvalue weighted by molar-refractivity contribution is 0.597. The molecule has 3 N–H and O–H groups in total. The Morgan fingerprint density at radius 2 is 2.16 bits per heavy atom. The van der Waals surface area contributed by atoms with E-state index in [2.05, 4.69) is 17.3 Å². The Balaban J connectivity index is 2.46. The number of halogens is 1. The van der Waals surface area contributed by atoms with Crippen LogP contribution in [0.4, 0.5) is 4.39 Å². The predicted octanol–water partition coefficient (Wildman–Crippen LogP) is 2.64. The van der Waals surface area contributed by atoms with E-state index in [-0.39, 0.29) is 11.9 Å². The highest BCUT2D eigenvalue weighted by Crippen LogP contribution is 2.25. The molecule has 0 saturated carbocycles. The number of nitrogens with two attached hydrogens (primary N) is 1. The van der Waals surface area contributed by atoms with E-state index in [0.29, 0.717) is 5.56 Å². The number of aryl methyl sites for hydroxylation is 2. The molecule has 1 atom stereocenters. The molecule has 4 heteroatoms. The number of nitrogens with one attached hydrogen (secondary N) is 1. The van der Waals surface area contributed by atoms with Gasteiger partial charge in [-0.2, -0.15) is 0 Å². The van der Waals surface area contributed by atoms with E-state index in [1.807, 2.05) is 18.3 Å². The summed E-state index contributed by atoms with van der Waals surface area (Å²) in [7, 11) is 0. The molecular formula is C15H18FN3. The second kappa shape index (κ2) is 5.91.